The molecule has 100 valence electrons. The maximum atomic E-state index is 12.3. The topological polar surface area (TPSA) is 57.6 Å². The summed E-state index contributed by atoms with van der Waals surface area (Å²) in [5.74, 6) is 0. The molecule has 0 aromatic heterocycles. The predicted octanol–water partition coefficient (Wildman–Crippen LogP) is 1.79. The van der Waals surface area contributed by atoms with Crippen molar-refractivity contribution in [3.05, 3.63) is 28.8 Å². The van der Waals surface area contributed by atoms with Crippen molar-refractivity contribution in [3.63, 3.8) is 0 Å². The number of halogens is 1. The van der Waals surface area contributed by atoms with E-state index in [1.165, 1.54) is 10.4 Å². The Morgan fingerprint density at radius 2 is 2.06 bits per heavy atom. The fraction of sp³-hybridized carbons (Fsp3) is 0.500. The zero-order valence-corrected chi connectivity index (χ0v) is 11.9. The average Bonchev–Trinajstić information content (AvgIpc) is 2.28. The molecular weight excluding hydrogens is 274 g/mol. The summed E-state index contributed by atoms with van der Waals surface area (Å²) in [6, 6.07) is 4.80. The largest absolute Gasteiger partial charge is 0.387 e. The zero-order valence-electron chi connectivity index (χ0n) is 10.4. The third kappa shape index (κ3) is 2.28. The van der Waals surface area contributed by atoms with Crippen molar-refractivity contribution in [2.75, 3.05) is 13.1 Å². The van der Waals surface area contributed by atoms with Crippen LogP contribution in [0.2, 0.25) is 5.02 Å². The van der Waals surface area contributed by atoms with Gasteiger partial charge in [0.2, 0.25) is 10.0 Å². The molecule has 0 amide bonds. The minimum Gasteiger partial charge on any atom is -0.387 e. The van der Waals surface area contributed by atoms with Crippen LogP contribution in [-0.2, 0) is 10.0 Å². The van der Waals surface area contributed by atoms with Gasteiger partial charge in [0.25, 0.3) is 0 Å². The van der Waals surface area contributed by atoms with E-state index in [9.17, 15) is 13.5 Å². The third-order valence-corrected chi connectivity index (χ3v) is 5.54. The molecule has 1 heterocycles. The molecule has 6 heteroatoms. The normalized spacial score (nSPS) is 19.6. The minimum atomic E-state index is -3.55. The molecule has 18 heavy (non-hydrogen) atoms. The highest BCUT2D eigenvalue weighted by Gasteiger charge is 2.46. The number of hydrogen-bond donors (Lipinski definition) is 1. The van der Waals surface area contributed by atoms with Crippen LogP contribution in [0.25, 0.3) is 0 Å². The van der Waals surface area contributed by atoms with Crippen LogP contribution in [0.3, 0.4) is 0 Å². The maximum absolute atomic E-state index is 12.3. The lowest BCUT2D eigenvalue weighted by atomic mass is 9.94. The second-order valence-electron chi connectivity index (χ2n) is 4.76. The van der Waals surface area contributed by atoms with Gasteiger partial charge in [-0.05, 0) is 31.0 Å². The first-order valence-corrected chi connectivity index (χ1v) is 7.59. The Morgan fingerprint density at radius 1 is 1.44 bits per heavy atom. The van der Waals surface area contributed by atoms with E-state index in [2.05, 4.69) is 0 Å². The van der Waals surface area contributed by atoms with E-state index in [0.29, 0.717) is 17.0 Å². The predicted molar refractivity (Wildman–Crippen MR) is 70.2 cm³/mol. The Bertz CT molecular complexity index is 565. The SMILES string of the molecule is CCC1(O)CN(S(=O)(=O)c2cc(Cl)ccc2C)C1. The standard InChI is InChI=1S/C12H16ClNO3S/c1-3-12(15)7-14(8-12)18(16,17)11-6-10(13)5-4-9(11)2/h4-6,15H,3,7-8H2,1-2H3. The second kappa shape index (κ2) is 4.49. The van der Waals surface area contributed by atoms with E-state index in [-0.39, 0.29) is 18.0 Å². The quantitative estimate of drug-likeness (QED) is 0.923. The second-order valence-corrected chi connectivity index (χ2v) is 7.10. The van der Waals surface area contributed by atoms with Gasteiger partial charge in [-0.15, -0.1) is 0 Å². The highest BCUT2D eigenvalue weighted by molar-refractivity contribution is 7.89. The highest BCUT2D eigenvalue weighted by atomic mass is 35.5. The first-order valence-electron chi connectivity index (χ1n) is 5.77. The zero-order chi connectivity index (χ0) is 13.6. The monoisotopic (exact) mass is 289 g/mol. The smallest absolute Gasteiger partial charge is 0.243 e. The van der Waals surface area contributed by atoms with E-state index in [0.717, 1.165) is 0 Å². The van der Waals surface area contributed by atoms with Crippen LogP contribution in [0.1, 0.15) is 18.9 Å². The van der Waals surface area contributed by atoms with Crippen LogP contribution in [0.5, 0.6) is 0 Å². The van der Waals surface area contributed by atoms with E-state index < -0.39 is 15.6 Å². The number of aliphatic hydroxyl groups is 1. The molecule has 1 aliphatic heterocycles. The number of nitrogens with zero attached hydrogens (tertiary/aromatic N) is 1. The van der Waals surface area contributed by atoms with E-state index >= 15 is 0 Å². The molecular formula is C12H16ClNO3S. The molecule has 1 aliphatic rings. The summed E-state index contributed by atoms with van der Waals surface area (Å²) in [6.07, 6.45) is 0.549. The lowest BCUT2D eigenvalue weighted by Crippen LogP contribution is -2.62. The molecule has 0 saturated carbocycles. The van der Waals surface area contributed by atoms with E-state index in [1.54, 1.807) is 19.1 Å². The van der Waals surface area contributed by atoms with Gasteiger partial charge in [0.15, 0.2) is 0 Å². The van der Waals surface area contributed by atoms with Gasteiger partial charge in [-0.1, -0.05) is 24.6 Å². The third-order valence-electron chi connectivity index (χ3n) is 3.37. The van der Waals surface area contributed by atoms with Crippen molar-refractivity contribution in [2.24, 2.45) is 0 Å². The van der Waals surface area contributed by atoms with Crippen molar-refractivity contribution in [1.29, 1.82) is 0 Å². The number of β-amino-alcohol motifs (C(OH)–C–C–N with tert-alkyl or cyclic N) is 1. The van der Waals surface area contributed by atoms with Crippen molar-refractivity contribution < 1.29 is 13.5 Å². The molecule has 0 spiro atoms. The Hall–Kier alpha value is -0.620. The lowest BCUT2D eigenvalue weighted by molar-refractivity contribution is -0.0613. The molecule has 0 atom stereocenters. The Kier molecular flexibility index (Phi) is 3.44. The molecule has 0 unspecified atom stereocenters. The lowest BCUT2D eigenvalue weighted by Gasteiger charge is -2.45. The van der Waals surface area contributed by atoms with Crippen molar-refractivity contribution >= 4 is 21.6 Å². The van der Waals surface area contributed by atoms with Crippen LogP contribution >= 0.6 is 11.6 Å². The van der Waals surface area contributed by atoms with E-state index in [1.807, 2.05) is 6.92 Å². The molecule has 4 nitrogen and oxygen atoms in total. The van der Waals surface area contributed by atoms with Crippen LogP contribution < -0.4 is 0 Å². The summed E-state index contributed by atoms with van der Waals surface area (Å²) in [5.41, 5.74) is -0.217. The summed E-state index contributed by atoms with van der Waals surface area (Å²) in [4.78, 5) is 0.216. The van der Waals surface area contributed by atoms with Crippen LogP contribution in [0, 0.1) is 6.92 Å². The van der Waals surface area contributed by atoms with Crippen molar-refractivity contribution in [1.82, 2.24) is 4.31 Å². The van der Waals surface area contributed by atoms with E-state index in [4.69, 9.17) is 11.6 Å². The Balaban J connectivity index is 2.31. The number of aryl methyl sites for hydroxylation is 1. The molecule has 1 aromatic carbocycles. The first kappa shape index (κ1) is 13.8. The molecule has 2 rings (SSSR count). The molecule has 0 bridgehead atoms. The van der Waals surface area contributed by atoms with Gasteiger partial charge in [0, 0.05) is 18.1 Å². The first-order chi connectivity index (χ1) is 8.28. The Labute approximate surface area is 112 Å². The summed E-state index contributed by atoms with van der Waals surface area (Å²) in [7, 11) is -3.55. The van der Waals surface area contributed by atoms with Gasteiger partial charge < -0.3 is 5.11 Å². The molecule has 0 radical (unpaired) electrons. The average molecular weight is 290 g/mol. The number of sulfonamides is 1. The van der Waals surface area contributed by atoms with Crippen molar-refractivity contribution in [2.45, 2.75) is 30.8 Å². The maximum Gasteiger partial charge on any atom is 0.243 e. The molecule has 1 N–H and O–H groups in total. The van der Waals surface area contributed by atoms with Crippen LogP contribution in [0.15, 0.2) is 23.1 Å². The molecule has 0 aliphatic carbocycles. The highest BCUT2D eigenvalue weighted by Crippen LogP contribution is 2.32. The fourth-order valence-electron chi connectivity index (χ4n) is 1.99. The van der Waals surface area contributed by atoms with Crippen LogP contribution in [-0.4, -0.2) is 36.5 Å². The molecule has 1 saturated heterocycles. The summed E-state index contributed by atoms with van der Waals surface area (Å²) < 4.78 is 26.0. The summed E-state index contributed by atoms with van der Waals surface area (Å²) in [5, 5.41) is 10.3. The van der Waals surface area contributed by atoms with Gasteiger partial charge in [0.1, 0.15) is 0 Å². The van der Waals surface area contributed by atoms with Gasteiger partial charge >= 0.3 is 0 Å². The minimum absolute atomic E-state index is 0.151. The van der Waals surface area contributed by atoms with Gasteiger partial charge in [0.05, 0.1) is 10.5 Å². The Morgan fingerprint density at radius 3 is 2.61 bits per heavy atom. The number of benzene rings is 1. The molecule has 1 aromatic rings. The number of hydrogen-bond acceptors (Lipinski definition) is 3. The van der Waals surface area contributed by atoms with Gasteiger partial charge in [-0.25, -0.2) is 8.42 Å². The van der Waals surface area contributed by atoms with Gasteiger partial charge in [-0.2, -0.15) is 4.31 Å². The summed E-state index contributed by atoms with van der Waals surface area (Å²) in [6.45, 7) is 3.87. The fourth-order valence-corrected chi connectivity index (χ4v) is 4.08. The van der Waals surface area contributed by atoms with Gasteiger partial charge in [-0.3, -0.25) is 0 Å². The molecule has 1 fully saturated rings. The van der Waals surface area contributed by atoms with Crippen LogP contribution in [0.4, 0.5) is 0 Å². The van der Waals surface area contributed by atoms with Crippen molar-refractivity contribution in [3.8, 4) is 0 Å². The number of rotatable bonds is 3. The summed E-state index contributed by atoms with van der Waals surface area (Å²) >= 11 is 5.84.